The largest absolute Gasteiger partial charge is 0.490 e. The molecule has 1 aliphatic carbocycles. The van der Waals surface area contributed by atoms with Gasteiger partial charge in [0.1, 0.15) is 17.4 Å². The fraction of sp³-hybridized carbons (Fsp3) is 0.588. The molecule has 1 saturated carbocycles. The Balaban J connectivity index is 2.10. The zero-order valence-corrected chi connectivity index (χ0v) is 13.4. The minimum Gasteiger partial charge on any atom is -0.490 e. The van der Waals surface area contributed by atoms with E-state index >= 15 is 0 Å². The Morgan fingerprint density at radius 2 is 2.10 bits per heavy atom. The highest BCUT2D eigenvalue weighted by Crippen LogP contribution is 2.32. The highest BCUT2D eigenvalue weighted by Gasteiger charge is 2.43. The van der Waals surface area contributed by atoms with E-state index < -0.39 is 5.54 Å². The quantitative estimate of drug-likeness (QED) is 0.867. The summed E-state index contributed by atoms with van der Waals surface area (Å²) in [6.07, 6.45) is 3.39. The van der Waals surface area contributed by atoms with Crippen LogP contribution in [0, 0.1) is 13.8 Å². The number of carbonyl (C=O) groups is 1. The van der Waals surface area contributed by atoms with Gasteiger partial charge in [-0.15, -0.1) is 0 Å². The molecule has 2 atom stereocenters. The fourth-order valence-electron chi connectivity index (χ4n) is 3.01. The minimum absolute atomic E-state index is 0.0346. The normalized spacial score (nSPS) is 25.4. The Bertz CT molecular complexity index is 515. The fourth-order valence-corrected chi connectivity index (χ4v) is 3.01. The first kappa shape index (κ1) is 15.8. The van der Waals surface area contributed by atoms with E-state index in [2.05, 4.69) is 31.3 Å². The van der Waals surface area contributed by atoms with Gasteiger partial charge < -0.3 is 14.8 Å². The van der Waals surface area contributed by atoms with Crippen molar-refractivity contribution in [1.29, 1.82) is 0 Å². The highest BCUT2D eigenvalue weighted by atomic mass is 16.5. The van der Waals surface area contributed by atoms with E-state index in [0.717, 1.165) is 25.0 Å². The van der Waals surface area contributed by atoms with E-state index in [1.807, 2.05) is 13.1 Å². The average molecular weight is 291 g/mol. The number of likely N-dealkylation sites (N-methyl/N-ethyl adjacent to an activating group) is 1. The van der Waals surface area contributed by atoms with E-state index in [9.17, 15) is 4.79 Å². The van der Waals surface area contributed by atoms with Crippen LogP contribution in [0.5, 0.6) is 5.75 Å². The van der Waals surface area contributed by atoms with Crippen LogP contribution in [0.25, 0.3) is 0 Å². The van der Waals surface area contributed by atoms with Crippen molar-refractivity contribution in [1.82, 2.24) is 5.32 Å². The first-order chi connectivity index (χ1) is 10.0. The van der Waals surface area contributed by atoms with Crippen molar-refractivity contribution >= 4 is 5.97 Å². The van der Waals surface area contributed by atoms with E-state index in [0.29, 0.717) is 6.42 Å². The van der Waals surface area contributed by atoms with Crippen LogP contribution in [0.4, 0.5) is 0 Å². The van der Waals surface area contributed by atoms with Crippen molar-refractivity contribution in [3.8, 4) is 5.75 Å². The molecule has 0 aromatic heterocycles. The van der Waals surface area contributed by atoms with Crippen molar-refractivity contribution in [2.75, 3.05) is 14.2 Å². The summed E-state index contributed by atoms with van der Waals surface area (Å²) in [6, 6.07) is 6.12. The third-order valence-electron chi connectivity index (χ3n) is 4.54. The van der Waals surface area contributed by atoms with E-state index in [1.54, 1.807) is 0 Å². The van der Waals surface area contributed by atoms with E-state index in [4.69, 9.17) is 9.47 Å². The van der Waals surface area contributed by atoms with Crippen LogP contribution in [-0.4, -0.2) is 31.8 Å². The second-order valence-electron chi connectivity index (χ2n) is 5.91. The number of aryl methyl sites for hydroxylation is 2. The molecule has 0 heterocycles. The predicted molar refractivity (Wildman–Crippen MR) is 82.6 cm³/mol. The molecule has 2 unspecified atom stereocenters. The van der Waals surface area contributed by atoms with Crippen LogP contribution < -0.4 is 10.1 Å². The number of ether oxygens (including phenoxy) is 2. The predicted octanol–water partition coefficient (Wildman–Crippen LogP) is 2.76. The number of hydrogen-bond acceptors (Lipinski definition) is 4. The lowest BCUT2D eigenvalue weighted by Gasteiger charge is -2.38. The Hall–Kier alpha value is -1.55. The lowest BCUT2D eigenvalue weighted by atomic mass is 9.80. The van der Waals surface area contributed by atoms with Gasteiger partial charge in [-0.05, 0) is 63.4 Å². The summed E-state index contributed by atoms with van der Waals surface area (Å²) < 4.78 is 11.1. The second-order valence-corrected chi connectivity index (χ2v) is 5.91. The van der Waals surface area contributed by atoms with Crippen LogP contribution in [0.1, 0.15) is 36.8 Å². The molecule has 0 aliphatic heterocycles. The first-order valence-corrected chi connectivity index (χ1v) is 7.52. The van der Waals surface area contributed by atoms with Crippen molar-refractivity contribution < 1.29 is 14.3 Å². The third-order valence-corrected chi connectivity index (χ3v) is 4.54. The SMILES string of the molecule is CNC1(C(=O)OC)CCCC(Oc2ccc(C)c(C)c2)C1. The maximum absolute atomic E-state index is 12.1. The molecule has 1 aromatic rings. The molecule has 116 valence electrons. The molecule has 0 spiro atoms. The van der Waals surface area contributed by atoms with Crippen molar-refractivity contribution in [2.24, 2.45) is 0 Å². The number of esters is 1. The summed E-state index contributed by atoms with van der Waals surface area (Å²) in [5.41, 5.74) is 1.86. The first-order valence-electron chi connectivity index (χ1n) is 7.52. The third kappa shape index (κ3) is 3.38. The minimum atomic E-state index is -0.614. The number of benzene rings is 1. The second kappa shape index (κ2) is 6.48. The summed E-state index contributed by atoms with van der Waals surface area (Å²) in [4.78, 5) is 12.1. The van der Waals surface area contributed by atoms with Crippen LogP contribution in [0.15, 0.2) is 18.2 Å². The Kier molecular flexibility index (Phi) is 4.88. The highest BCUT2D eigenvalue weighted by molar-refractivity contribution is 5.81. The molecule has 4 heteroatoms. The van der Waals surface area contributed by atoms with Gasteiger partial charge in [0.05, 0.1) is 7.11 Å². The Labute approximate surface area is 126 Å². The van der Waals surface area contributed by atoms with Gasteiger partial charge in [0.25, 0.3) is 0 Å². The number of carbonyl (C=O) groups excluding carboxylic acids is 1. The molecule has 21 heavy (non-hydrogen) atoms. The summed E-state index contributed by atoms with van der Waals surface area (Å²) >= 11 is 0. The number of hydrogen-bond donors (Lipinski definition) is 1. The molecule has 4 nitrogen and oxygen atoms in total. The molecule has 1 fully saturated rings. The van der Waals surface area contributed by atoms with Gasteiger partial charge in [-0.1, -0.05) is 6.07 Å². The summed E-state index contributed by atoms with van der Waals surface area (Å²) in [5, 5.41) is 3.15. The zero-order valence-electron chi connectivity index (χ0n) is 13.4. The maximum atomic E-state index is 12.1. The monoisotopic (exact) mass is 291 g/mol. The summed E-state index contributed by atoms with van der Waals surface area (Å²) in [6.45, 7) is 4.17. The van der Waals surface area contributed by atoms with Gasteiger partial charge in [0.2, 0.25) is 0 Å². The van der Waals surface area contributed by atoms with Crippen LogP contribution in [0.2, 0.25) is 0 Å². The van der Waals surface area contributed by atoms with Gasteiger partial charge in [-0.3, -0.25) is 4.79 Å². The molecular weight excluding hydrogens is 266 g/mol. The van der Waals surface area contributed by atoms with Crippen LogP contribution >= 0.6 is 0 Å². The standard InChI is InChI=1S/C17H25NO3/c1-12-7-8-14(10-13(12)2)21-15-6-5-9-17(11-15,18-3)16(19)20-4/h7-8,10,15,18H,5-6,9,11H2,1-4H3. The molecule has 0 bridgehead atoms. The lowest BCUT2D eigenvalue weighted by Crippen LogP contribution is -2.55. The Morgan fingerprint density at radius 1 is 1.33 bits per heavy atom. The molecule has 0 saturated heterocycles. The van der Waals surface area contributed by atoms with Gasteiger partial charge in [-0.25, -0.2) is 0 Å². The van der Waals surface area contributed by atoms with Crippen molar-refractivity contribution in [3.63, 3.8) is 0 Å². The number of methoxy groups -OCH3 is 1. The smallest absolute Gasteiger partial charge is 0.326 e. The van der Waals surface area contributed by atoms with Crippen LogP contribution in [-0.2, 0) is 9.53 Å². The van der Waals surface area contributed by atoms with Crippen molar-refractivity contribution in [3.05, 3.63) is 29.3 Å². The van der Waals surface area contributed by atoms with Gasteiger partial charge in [0.15, 0.2) is 0 Å². The van der Waals surface area contributed by atoms with E-state index in [-0.39, 0.29) is 12.1 Å². The molecule has 1 N–H and O–H groups in total. The maximum Gasteiger partial charge on any atom is 0.326 e. The zero-order chi connectivity index (χ0) is 15.5. The average Bonchev–Trinajstić information content (AvgIpc) is 2.50. The molecule has 1 aromatic carbocycles. The topological polar surface area (TPSA) is 47.6 Å². The Morgan fingerprint density at radius 3 is 2.71 bits per heavy atom. The van der Waals surface area contributed by atoms with Gasteiger partial charge in [-0.2, -0.15) is 0 Å². The van der Waals surface area contributed by atoms with Gasteiger partial charge in [0, 0.05) is 6.42 Å². The lowest BCUT2D eigenvalue weighted by molar-refractivity contribution is -0.151. The summed E-state index contributed by atoms with van der Waals surface area (Å²) in [7, 11) is 3.25. The van der Waals surface area contributed by atoms with Gasteiger partial charge >= 0.3 is 5.97 Å². The van der Waals surface area contributed by atoms with E-state index in [1.165, 1.54) is 18.2 Å². The number of rotatable bonds is 4. The van der Waals surface area contributed by atoms with Crippen LogP contribution in [0.3, 0.4) is 0 Å². The molecule has 0 radical (unpaired) electrons. The molecule has 1 aliphatic rings. The number of nitrogens with one attached hydrogen (secondary N) is 1. The van der Waals surface area contributed by atoms with Crippen molar-refractivity contribution in [2.45, 2.75) is 51.2 Å². The molecular formula is C17H25NO3. The molecule has 2 rings (SSSR count). The molecule has 0 amide bonds. The summed E-state index contributed by atoms with van der Waals surface area (Å²) in [5.74, 6) is 0.679.